The van der Waals surface area contributed by atoms with Crippen molar-refractivity contribution in [1.82, 2.24) is 0 Å². The lowest BCUT2D eigenvalue weighted by Gasteiger charge is -2.10. The van der Waals surface area contributed by atoms with Gasteiger partial charge in [0.05, 0.1) is 0 Å². The van der Waals surface area contributed by atoms with Gasteiger partial charge < -0.3 is 4.18 Å². The molecule has 0 aliphatic carbocycles. The number of hydrogen-bond acceptors (Lipinski definition) is 3. The zero-order valence-corrected chi connectivity index (χ0v) is 12.9. The molecule has 2 aromatic rings. The number of hydrogen-bond donors (Lipinski definition) is 0. The molecule has 0 spiro atoms. The van der Waals surface area contributed by atoms with Crippen molar-refractivity contribution >= 4 is 15.7 Å². The summed E-state index contributed by atoms with van der Waals surface area (Å²) in [4.78, 5) is -2.05. The van der Waals surface area contributed by atoms with Crippen molar-refractivity contribution in [2.24, 2.45) is 0 Å². The highest BCUT2D eigenvalue weighted by Gasteiger charge is 2.35. The van der Waals surface area contributed by atoms with E-state index in [1.54, 1.807) is 6.92 Å². The summed E-state index contributed by atoms with van der Waals surface area (Å²) in [6.45, 7) is 5.33. The van der Waals surface area contributed by atoms with Gasteiger partial charge in [0.1, 0.15) is 5.75 Å². The molecule has 128 valence electrons. The van der Waals surface area contributed by atoms with E-state index in [1.165, 1.54) is 12.1 Å². The summed E-state index contributed by atoms with van der Waals surface area (Å²) in [6.07, 6.45) is 0. The SMILES string of the molecule is C=C(C)c1ccc(OS(=O)(=O)c2c(F)c(F)c(F)c(F)c2F)cc1. The van der Waals surface area contributed by atoms with E-state index in [-0.39, 0.29) is 5.75 Å². The van der Waals surface area contributed by atoms with Gasteiger partial charge in [-0.25, -0.2) is 22.0 Å². The molecule has 2 rings (SSSR count). The van der Waals surface area contributed by atoms with E-state index in [0.29, 0.717) is 11.1 Å². The lowest BCUT2D eigenvalue weighted by Crippen LogP contribution is -2.17. The summed E-state index contributed by atoms with van der Waals surface area (Å²) >= 11 is 0. The Labute approximate surface area is 134 Å². The summed E-state index contributed by atoms with van der Waals surface area (Å²) in [6, 6.07) is 5.11. The highest BCUT2D eigenvalue weighted by Crippen LogP contribution is 2.29. The van der Waals surface area contributed by atoms with E-state index in [9.17, 15) is 30.4 Å². The Morgan fingerprint density at radius 3 is 1.71 bits per heavy atom. The Morgan fingerprint density at radius 2 is 1.29 bits per heavy atom. The topological polar surface area (TPSA) is 43.4 Å². The molecular weight excluding hydrogens is 355 g/mol. The van der Waals surface area contributed by atoms with Gasteiger partial charge in [0.2, 0.25) is 5.82 Å². The Bertz CT molecular complexity index is 892. The zero-order chi connectivity index (χ0) is 18.2. The molecule has 0 aliphatic rings. The molecule has 0 saturated heterocycles. The first-order valence-corrected chi connectivity index (χ1v) is 7.69. The maximum atomic E-state index is 13.6. The Hall–Kier alpha value is -2.42. The number of benzene rings is 2. The summed E-state index contributed by atoms with van der Waals surface area (Å²) in [7, 11) is -5.29. The van der Waals surface area contributed by atoms with Crippen molar-refractivity contribution in [3.05, 3.63) is 65.5 Å². The monoisotopic (exact) mass is 364 g/mol. The number of rotatable bonds is 4. The fourth-order valence-corrected chi connectivity index (χ4v) is 2.83. The van der Waals surface area contributed by atoms with E-state index in [0.717, 1.165) is 12.1 Å². The second-order valence-corrected chi connectivity index (χ2v) is 6.22. The molecule has 0 heterocycles. The van der Waals surface area contributed by atoms with Crippen molar-refractivity contribution < 1.29 is 34.6 Å². The third kappa shape index (κ3) is 3.12. The van der Waals surface area contributed by atoms with Gasteiger partial charge in [-0.15, -0.1) is 0 Å². The molecule has 0 aromatic heterocycles. The van der Waals surface area contributed by atoms with Crippen LogP contribution >= 0.6 is 0 Å². The molecule has 0 atom stereocenters. The molecule has 0 aliphatic heterocycles. The largest absolute Gasteiger partial charge is 0.379 e. The van der Waals surface area contributed by atoms with Crippen LogP contribution in [-0.2, 0) is 10.1 Å². The predicted molar refractivity (Wildman–Crippen MR) is 75.2 cm³/mol. The summed E-state index contributed by atoms with van der Waals surface area (Å²) in [5, 5.41) is 0. The standard InChI is InChI=1S/C15H9F5O3S/c1-7(2)8-3-5-9(6-4-8)23-24(21,22)15-13(19)11(17)10(16)12(18)14(15)20/h3-6H,1H2,2H3. The minimum Gasteiger partial charge on any atom is -0.379 e. The molecule has 3 nitrogen and oxygen atoms in total. The lowest BCUT2D eigenvalue weighted by atomic mass is 10.1. The Kier molecular flexibility index (Phi) is 4.66. The van der Waals surface area contributed by atoms with E-state index in [1.807, 2.05) is 0 Å². The van der Waals surface area contributed by atoms with Crippen molar-refractivity contribution in [2.75, 3.05) is 0 Å². The summed E-state index contributed by atoms with van der Waals surface area (Å²) < 4.78 is 94.6. The van der Waals surface area contributed by atoms with Crippen LogP contribution in [0.2, 0.25) is 0 Å². The quantitative estimate of drug-likeness (QED) is 0.354. The van der Waals surface area contributed by atoms with Crippen LogP contribution in [0.5, 0.6) is 5.75 Å². The Morgan fingerprint density at radius 1 is 0.875 bits per heavy atom. The van der Waals surface area contributed by atoms with Crippen LogP contribution in [0.3, 0.4) is 0 Å². The fraction of sp³-hybridized carbons (Fsp3) is 0.0667. The van der Waals surface area contributed by atoms with E-state index in [4.69, 9.17) is 0 Å². The average molecular weight is 364 g/mol. The highest BCUT2D eigenvalue weighted by atomic mass is 32.2. The van der Waals surface area contributed by atoms with E-state index < -0.39 is 44.1 Å². The molecule has 0 amide bonds. The summed E-state index contributed by atoms with van der Waals surface area (Å²) in [5.74, 6) is -12.6. The second kappa shape index (κ2) is 6.23. The number of allylic oxidation sites excluding steroid dienone is 1. The van der Waals surface area contributed by atoms with Gasteiger partial charge in [-0.05, 0) is 24.6 Å². The fourth-order valence-electron chi connectivity index (χ4n) is 1.77. The minimum absolute atomic E-state index is 0.371. The van der Waals surface area contributed by atoms with Gasteiger partial charge in [-0.2, -0.15) is 8.42 Å². The maximum Gasteiger partial charge on any atom is 0.345 e. The third-order valence-electron chi connectivity index (χ3n) is 2.97. The van der Waals surface area contributed by atoms with Gasteiger partial charge in [-0.3, -0.25) is 0 Å². The zero-order valence-electron chi connectivity index (χ0n) is 12.0. The maximum absolute atomic E-state index is 13.6. The van der Waals surface area contributed by atoms with Crippen molar-refractivity contribution in [3.63, 3.8) is 0 Å². The Balaban J connectivity index is 2.50. The third-order valence-corrected chi connectivity index (χ3v) is 4.24. The predicted octanol–water partition coefficient (Wildman–Crippen LogP) is 4.18. The van der Waals surface area contributed by atoms with Gasteiger partial charge >= 0.3 is 10.1 Å². The van der Waals surface area contributed by atoms with Crippen LogP contribution in [0.1, 0.15) is 12.5 Å². The molecule has 9 heteroatoms. The lowest BCUT2D eigenvalue weighted by molar-refractivity contribution is 0.352. The van der Waals surface area contributed by atoms with Crippen molar-refractivity contribution in [1.29, 1.82) is 0 Å². The molecule has 0 fully saturated rings. The molecular formula is C15H9F5O3S. The highest BCUT2D eigenvalue weighted by molar-refractivity contribution is 7.87. The molecule has 0 bridgehead atoms. The normalized spacial score (nSPS) is 11.4. The van der Waals surface area contributed by atoms with Gasteiger partial charge in [0.15, 0.2) is 28.2 Å². The van der Waals surface area contributed by atoms with E-state index >= 15 is 0 Å². The van der Waals surface area contributed by atoms with Gasteiger partial charge in [0, 0.05) is 0 Å². The first kappa shape index (κ1) is 17.9. The average Bonchev–Trinajstić information content (AvgIpc) is 2.51. The van der Waals surface area contributed by atoms with E-state index in [2.05, 4.69) is 10.8 Å². The molecule has 24 heavy (non-hydrogen) atoms. The van der Waals surface area contributed by atoms with Gasteiger partial charge in [0.25, 0.3) is 0 Å². The molecule has 2 aromatic carbocycles. The first-order chi connectivity index (χ1) is 11.1. The smallest absolute Gasteiger partial charge is 0.345 e. The molecule has 0 unspecified atom stereocenters. The second-order valence-electron chi connectivity index (χ2n) is 4.74. The van der Waals surface area contributed by atoms with Crippen molar-refractivity contribution in [3.8, 4) is 5.75 Å². The molecule has 0 radical (unpaired) electrons. The van der Waals surface area contributed by atoms with Crippen LogP contribution in [-0.4, -0.2) is 8.42 Å². The van der Waals surface area contributed by atoms with Crippen LogP contribution in [0.15, 0.2) is 35.7 Å². The minimum atomic E-state index is -5.29. The van der Waals surface area contributed by atoms with Crippen molar-refractivity contribution in [2.45, 2.75) is 11.8 Å². The van der Waals surface area contributed by atoms with Gasteiger partial charge in [-0.1, -0.05) is 24.3 Å². The number of halogens is 5. The van der Waals surface area contributed by atoms with Crippen LogP contribution in [0.25, 0.3) is 5.57 Å². The van der Waals surface area contributed by atoms with Crippen LogP contribution < -0.4 is 4.18 Å². The molecule has 0 N–H and O–H groups in total. The summed E-state index contributed by atoms with van der Waals surface area (Å²) in [5.41, 5.74) is 1.29. The first-order valence-electron chi connectivity index (χ1n) is 6.28. The molecule has 0 saturated carbocycles. The van der Waals surface area contributed by atoms with Crippen LogP contribution in [0.4, 0.5) is 22.0 Å². The van der Waals surface area contributed by atoms with Crippen LogP contribution in [0, 0.1) is 29.1 Å².